The average Bonchev–Trinajstić information content (AvgIpc) is 3.22. The van der Waals surface area contributed by atoms with Crippen molar-refractivity contribution in [2.75, 3.05) is 13.0 Å². The number of nitrogens with zero attached hydrogens (tertiary/aromatic N) is 5. The number of methoxy groups -OCH3 is 1. The van der Waals surface area contributed by atoms with Crippen molar-refractivity contribution < 1.29 is 22.3 Å². The molecule has 0 aliphatic heterocycles. The normalized spacial score (nSPS) is 13.0. The van der Waals surface area contributed by atoms with E-state index >= 15 is 0 Å². The van der Waals surface area contributed by atoms with Gasteiger partial charge in [-0.2, -0.15) is 13.2 Å². The average molecular weight is 386 g/mol. The summed E-state index contributed by atoms with van der Waals surface area (Å²) in [7, 11) is 1.55. The van der Waals surface area contributed by atoms with Crippen molar-refractivity contribution in [3.05, 3.63) is 36.0 Å². The largest absolute Gasteiger partial charge is 0.497 e. The van der Waals surface area contributed by atoms with Gasteiger partial charge in [-0.15, -0.1) is 20.4 Å². The van der Waals surface area contributed by atoms with Gasteiger partial charge in [0.2, 0.25) is 16.9 Å². The van der Waals surface area contributed by atoms with Gasteiger partial charge < -0.3 is 15.0 Å². The number of alkyl halides is 3. The Morgan fingerprint density at radius 2 is 1.85 bits per heavy atom. The van der Waals surface area contributed by atoms with Gasteiger partial charge in [-0.3, -0.25) is 0 Å². The Hall–Kier alpha value is -2.76. The second-order valence-electron chi connectivity index (χ2n) is 5.11. The molecule has 3 rings (SSSR count). The number of aromatic nitrogens is 5. The van der Waals surface area contributed by atoms with Gasteiger partial charge in [0.15, 0.2) is 0 Å². The molecule has 0 bridgehead atoms. The number of thioether (sulfide) groups is 1. The summed E-state index contributed by atoms with van der Waals surface area (Å²) in [4.78, 5) is 0. The number of halogens is 3. The smallest absolute Gasteiger partial charge is 0.453 e. The van der Waals surface area contributed by atoms with E-state index in [1.54, 1.807) is 38.3 Å². The van der Waals surface area contributed by atoms with Crippen LogP contribution in [0.25, 0.3) is 11.5 Å². The first-order chi connectivity index (χ1) is 12.3. The fraction of sp³-hybridized carbons (Fsp3) is 0.286. The van der Waals surface area contributed by atoms with Gasteiger partial charge in [-0.05, 0) is 31.2 Å². The molecule has 0 aliphatic rings. The van der Waals surface area contributed by atoms with Crippen molar-refractivity contribution in [1.82, 2.24) is 25.1 Å². The molecule has 2 N–H and O–H groups in total. The summed E-state index contributed by atoms with van der Waals surface area (Å²) in [5.74, 6) is 5.31. The molecule has 0 spiro atoms. The fourth-order valence-electron chi connectivity index (χ4n) is 2.01. The van der Waals surface area contributed by atoms with E-state index in [1.807, 2.05) is 0 Å². The molecule has 0 fully saturated rings. The van der Waals surface area contributed by atoms with E-state index in [9.17, 15) is 13.2 Å². The standard InChI is InChI=1S/C14H13F3N6O2S/c1-7(26-13-22-21-12(23(13)18)14(15,16)17)10-19-20-11(25-10)8-3-5-9(24-2)6-4-8/h3-7H,18H2,1-2H3/t7-/m1/s1. The number of nitrogen functional groups attached to an aromatic ring is 1. The SMILES string of the molecule is COc1ccc(-c2nnc([C@@H](C)Sc3nnc(C(F)(F)F)n3N)o2)cc1. The van der Waals surface area contributed by atoms with Gasteiger partial charge in [0.25, 0.3) is 5.82 Å². The van der Waals surface area contributed by atoms with E-state index in [0.29, 0.717) is 16.0 Å². The molecule has 2 heterocycles. The molecule has 0 radical (unpaired) electrons. The Balaban J connectivity index is 1.76. The summed E-state index contributed by atoms with van der Waals surface area (Å²) < 4.78 is 49.2. The number of benzene rings is 1. The summed E-state index contributed by atoms with van der Waals surface area (Å²) in [6, 6.07) is 6.99. The maximum absolute atomic E-state index is 12.7. The molecule has 1 aromatic carbocycles. The number of hydrogen-bond acceptors (Lipinski definition) is 8. The van der Waals surface area contributed by atoms with Crippen LogP contribution in [0.3, 0.4) is 0 Å². The summed E-state index contributed by atoms with van der Waals surface area (Å²) in [6.07, 6.45) is -4.68. The van der Waals surface area contributed by atoms with Crippen molar-refractivity contribution >= 4 is 11.8 Å². The molecule has 12 heteroatoms. The van der Waals surface area contributed by atoms with Gasteiger partial charge in [0.1, 0.15) is 5.75 Å². The maximum atomic E-state index is 12.7. The van der Waals surface area contributed by atoms with E-state index in [1.165, 1.54) is 0 Å². The zero-order valence-corrected chi connectivity index (χ0v) is 14.4. The molecule has 3 aromatic rings. The molecule has 8 nitrogen and oxygen atoms in total. The minimum absolute atomic E-state index is 0.117. The van der Waals surface area contributed by atoms with Crippen LogP contribution in [-0.4, -0.2) is 32.2 Å². The highest BCUT2D eigenvalue weighted by Crippen LogP contribution is 2.36. The van der Waals surface area contributed by atoms with E-state index in [-0.39, 0.29) is 16.9 Å². The maximum Gasteiger partial charge on any atom is 0.453 e. The molecule has 1 atom stereocenters. The molecule has 0 unspecified atom stereocenters. The molecule has 138 valence electrons. The third-order valence-electron chi connectivity index (χ3n) is 3.33. The van der Waals surface area contributed by atoms with Crippen LogP contribution in [0, 0.1) is 0 Å². The summed E-state index contributed by atoms with van der Waals surface area (Å²) in [5, 5.41) is 13.8. The van der Waals surface area contributed by atoms with Crippen LogP contribution in [0.1, 0.15) is 23.9 Å². The Morgan fingerprint density at radius 3 is 2.42 bits per heavy atom. The topological polar surface area (TPSA) is 105 Å². The molecule has 26 heavy (non-hydrogen) atoms. The Bertz CT molecular complexity index is 893. The third-order valence-corrected chi connectivity index (χ3v) is 4.37. The first-order valence-corrected chi connectivity index (χ1v) is 8.09. The molecular weight excluding hydrogens is 373 g/mol. The van der Waals surface area contributed by atoms with Gasteiger partial charge in [-0.25, -0.2) is 4.68 Å². The highest BCUT2D eigenvalue weighted by atomic mass is 32.2. The van der Waals surface area contributed by atoms with Crippen molar-refractivity contribution in [3.63, 3.8) is 0 Å². The second-order valence-corrected chi connectivity index (χ2v) is 6.42. The van der Waals surface area contributed by atoms with Crippen molar-refractivity contribution in [3.8, 4) is 17.2 Å². The highest BCUT2D eigenvalue weighted by molar-refractivity contribution is 7.99. The van der Waals surface area contributed by atoms with E-state index < -0.39 is 17.3 Å². The predicted molar refractivity (Wildman–Crippen MR) is 85.7 cm³/mol. The van der Waals surface area contributed by atoms with E-state index in [2.05, 4.69) is 20.4 Å². The predicted octanol–water partition coefficient (Wildman–Crippen LogP) is 2.92. The highest BCUT2D eigenvalue weighted by Gasteiger charge is 2.38. The van der Waals surface area contributed by atoms with Gasteiger partial charge in [0, 0.05) is 5.56 Å². The third kappa shape index (κ3) is 3.59. The van der Waals surface area contributed by atoms with Gasteiger partial charge >= 0.3 is 6.18 Å². The second kappa shape index (κ2) is 6.86. The van der Waals surface area contributed by atoms with Crippen molar-refractivity contribution in [2.24, 2.45) is 0 Å². The Labute approximate surface area is 149 Å². The molecule has 0 saturated heterocycles. The fourth-order valence-corrected chi connectivity index (χ4v) is 2.81. The minimum Gasteiger partial charge on any atom is -0.497 e. The molecular formula is C14H13F3N6O2S. The summed E-state index contributed by atoms with van der Waals surface area (Å²) >= 11 is 0.923. The molecule has 0 aliphatic carbocycles. The van der Waals surface area contributed by atoms with Crippen LogP contribution in [0.2, 0.25) is 0 Å². The van der Waals surface area contributed by atoms with Gasteiger partial charge in [-0.1, -0.05) is 11.8 Å². The summed E-state index contributed by atoms with van der Waals surface area (Å²) in [6.45, 7) is 1.68. The number of nitrogens with two attached hydrogens (primary N) is 1. The molecule has 0 saturated carbocycles. The van der Waals surface area contributed by atoms with E-state index in [0.717, 1.165) is 11.8 Å². The lowest BCUT2D eigenvalue weighted by molar-refractivity contribution is -0.146. The zero-order valence-electron chi connectivity index (χ0n) is 13.6. The first kappa shape index (κ1) is 18.0. The molecule has 0 amide bonds. The lowest BCUT2D eigenvalue weighted by Gasteiger charge is -2.08. The first-order valence-electron chi connectivity index (χ1n) is 7.21. The zero-order chi connectivity index (χ0) is 18.9. The monoisotopic (exact) mass is 386 g/mol. The summed E-state index contributed by atoms with van der Waals surface area (Å²) in [5.41, 5.74) is 0.683. The Kier molecular flexibility index (Phi) is 4.76. The van der Waals surface area contributed by atoms with Crippen molar-refractivity contribution in [1.29, 1.82) is 0 Å². The van der Waals surface area contributed by atoms with Gasteiger partial charge in [0.05, 0.1) is 12.4 Å². The Morgan fingerprint density at radius 1 is 1.15 bits per heavy atom. The van der Waals surface area contributed by atoms with Crippen LogP contribution in [0.4, 0.5) is 13.2 Å². The lowest BCUT2D eigenvalue weighted by atomic mass is 10.2. The number of rotatable bonds is 5. The van der Waals surface area contributed by atoms with E-state index in [4.69, 9.17) is 15.0 Å². The van der Waals surface area contributed by atoms with Crippen LogP contribution >= 0.6 is 11.8 Å². The van der Waals surface area contributed by atoms with Crippen LogP contribution in [-0.2, 0) is 6.18 Å². The van der Waals surface area contributed by atoms with Crippen LogP contribution in [0.15, 0.2) is 33.8 Å². The molecule has 2 aromatic heterocycles. The lowest BCUT2D eigenvalue weighted by Crippen LogP contribution is -2.21. The van der Waals surface area contributed by atoms with Crippen LogP contribution < -0.4 is 10.6 Å². The number of hydrogen-bond donors (Lipinski definition) is 1. The van der Waals surface area contributed by atoms with Crippen LogP contribution in [0.5, 0.6) is 5.75 Å². The van der Waals surface area contributed by atoms with Crippen molar-refractivity contribution in [2.45, 2.75) is 23.5 Å². The minimum atomic E-state index is -4.68. The quantitative estimate of drug-likeness (QED) is 0.527. The number of ether oxygens (including phenoxy) is 1.